The summed E-state index contributed by atoms with van der Waals surface area (Å²) in [6.45, 7) is 4.55. The molecule has 0 amide bonds. The number of hydrogen-bond donors (Lipinski definition) is 0. The van der Waals surface area contributed by atoms with Gasteiger partial charge in [0.15, 0.2) is 0 Å². The monoisotopic (exact) mass is 589 g/mol. The van der Waals surface area contributed by atoms with Crippen molar-refractivity contribution >= 4 is 14.9 Å². The Balaban J connectivity index is 1.65. The van der Waals surface area contributed by atoms with E-state index < -0.39 is 18.8 Å². The molecule has 2 atom stereocenters. The fourth-order valence-corrected chi connectivity index (χ4v) is 25.7. The Labute approximate surface area is 232 Å². The first-order chi connectivity index (χ1) is 18.3. The molecule has 0 aliphatic heterocycles. The van der Waals surface area contributed by atoms with Crippen LogP contribution in [0.4, 0.5) is 0 Å². The molecule has 5 aromatic rings. The van der Waals surface area contributed by atoms with Crippen LogP contribution in [0, 0.1) is 13.8 Å². The van der Waals surface area contributed by atoms with Crippen molar-refractivity contribution in [2.24, 2.45) is 0 Å². The topological polar surface area (TPSA) is 0 Å². The van der Waals surface area contributed by atoms with Crippen LogP contribution in [0.25, 0.3) is 22.3 Å². The normalized spacial score (nSPS) is 18.2. The van der Waals surface area contributed by atoms with E-state index in [-0.39, 0.29) is 0 Å². The summed E-state index contributed by atoms with van der Waals surface area (Å²) in [5.74, 6) is 0. The predicted octanol–water partition coefficient (Wildman–Crippen LogP) is 9.91. The molecule has 2 aliphatic carbocycles. The Morgan fingerprint density at radius 3 is 1.39 bits per heavy atom. The molecular weight excluding hydrogens is 559 g/mol. The average Bonchev–Trinajstić information content (AvgIpc) is 3.45. The van der Waals surface area contributed by atoms with E-state index >= 15 is 0 Å². The molecule has 0 fully saturated rings. The first-order valence-corrected chi connectivity index (χ1v) is 23.0. The van der Waals surface area contributed by atoms with Crippen LogP contribution in [0.1, 0.15) is 40.6 Å². The van der Waals surface area contributed by atoms with Crippen molar-refractivity contribution in [3.05, 3.63) is 148 Å². The van der Waals surface area contributed by atoms with Crippen molar-refractivity contribution < 1.29 is 18.8 Å². The Morgan fingerprint density at radius 2 is 0.921 bits per heavy atom. The molecular formula is C36H32ClZr. The van der Waals surface area contributed by atoms with E-state index in [1.807, 2.05) is 0 Å². The van der Waals surface area contributed by atoms with Gasteiger partial charge in [-0.05, 0) is 0 Å². The second-order valence-electron chi connectivity index (χ2n) is 12.2. The van der Waals surface area contributed by atoms with Gasteiger partial charge >= 0.3 is 234 Å². The van der Waals surface area contributed by atoms with Crippen LogP contribution in [0.3, 0.4) is 0 Å². The van der Waals surface area contributed by atoms with Gasteiger partial charge in [0, 0.05) is 0 Å². The van der Waals surface area contributed by atoms with E-state index in [1.165, 1.54) is 58.9 Å². The predicted molar refractivity (Wildman–Crippen MR) is 160 cm³/mol. The number of fused-ring (bicyclic) bond motifs is 6. The second-order valence-corrected chi connectivity index (χ2v) is 29.8. The van der Waals surface area contributed by atoms with E-state index in [1.54, 1.807) is 0 Å². The van der Waals surface area contributed by atoms with E-state index in [0.29, 0.717) is 7.25 Å². The fourth-order valence-electron chi connectivity index (χ4n) is 8.28. The van der Waals surface area contributed by atoms with Gasteiger partial charge < -0.3 is 0 Å². The van der Waals surface area contributed by atoms with E-state index in [4.69, 9.17) is 11.6 Å². The van der Waals surface area contributed by atoms with Crippen molar-refractivity contribution in [1.29, 1.82) is 0 Å². The first kappa shape index (κ1) is 24.3. The molecule has 0 saturated carbocycles. The van der Waals surface area contributed by atoms with Crippen LogP contribution >= 0.6 is 11.6 Å². The third-order valence-corrected chi connectivity index (χ3v) is 27.2. The Hall–Kier alpha value is -2.73. The van der Waals surface area contributed by atoms with Gasteiger partial charge in [0.05, 0.1) is 0 Å². The summed E-state index contributed by atoms with van der Waals surface area (Å²) in [5.41, 5.74) is 14.5. The minimum absolute atomic E-state index is 0.355. The summed E-state index contributed by atoms with van der Waals surface area (Å²) in [5, 5.41) is 0.803. The molecule has 7 rings (SSSR count). The molecule has 0 radical (unpaired) electrons. The molecule has 187 valence electrons. The average molecular weight is 591 g/mol. The molecule has 0 spiro atoms. The van der Waals surface area contributed by atoms with Gasteiger partial charge in [0.1, 0.15) is 0 Å². The van der Waals surface area contributed by atoms with Crippen LogP contribution < -0.4 is 3.27 Å². The zero-order chi connectivity index (χ0) is 26.3. The van der Waals surface area contributed by atoms with Crippen LogP contribution in [0.5, 0.6) is 0 Å². The molecule has 2 unspecified atom stereocenters. The van der Waals surface area contributed by atoms with Crippen LogP contribution in [-0.2, 0) is 18.8 Å². The van der Waals surface area contributed by atoms with Crippen LogP contribution in [-0.4, -0.2) is 0 Å². The van der Waals surface area contributed by atoms with Gasteiger partial charge in [0.2, 0.25) is 0 Å². The maximum absolute atomic E-state index is 6.52. The molecule has 5 aromatic carbocycles. The Bertz CT molecular complexity index is 1640. The van der Waals surface area contributed by atoms with Crippen molar-refractivity contribution in [2.45, 2.75) is 30.4 Å². The number of halogens is 1. The molecule has 0 aromatic heterocycles. The van der Waals surface area contributed by atoms with Crippen molar-refractivity contribution in [1.82, 2.24) is 0 Å². The Morgan fingerprint density at radius 1 is 0.500 bits per heavy atom. The summed E-state index contributed by atoms with van der Waals surface area (Å²) in [6.07, 6.45) is 0. The maximum atomic E-state index is 6.52. The van der Waals surface area contributed by atoms with E-state index in [9.17, 15) is 0 Å². The molecule has 0 bridgehead atoms. The van der Waals surface area contributed by atoms with E-state index in [0.717, 1.165) is 5.02 Å². The number of hydrogen-bond acceptors (Lipinski definition) is 0. The molecule has 0 nitrogen and oxygen atoms in total. The molecule has 2 aliphatic rings. The molecule has 0 heterocycles. The SMILES string of the molecule is Cc1cccc2c1-c1ccccc1[CH]2[Zr]([CH3])([CH3])([c]1ccc(Cl)cc1)[CH]1c2ccccc2-c2c(C)cccc21. The summed E-state index contributed by atoms with van der Waals surface area (Å²) in [6, 6.07) is 41.3. The second kappa shape index (κ2) is 8.38. The fraction of sp³-hybridized carbons (Fsp3) is 0.167. The van der Waals surface area contributed by atoms with Crippen molar-refractivity contribution in [3.63, 3.8) is 0 Å². The first-order valence-electron chi connectivity index (χ1n) is 13.6. The number of aryl methyl sites for hydroxylation is 2. The molecule has 38 heavy (non-hydrogen) atoms. The summed E-state index contributed by atoms with van der Waals surface area (Å²) in [4.78, 5) is 0. The zero-order valence-electron chi connectivity index (χ0n) is 22.4. The van der Waals surface area contributed by atoms with Gasteiger partial charge in [-0.15, -0.1) is 0 Å². The zero-order valence-corrected chi connectivity index (χ0v) is 25.6. The third-order valence-electron chi connectivity index (χ3n) is 9.85. The summed E-state index contributed by atoms with van der Waals surface area (Å²) >= 11 is 2.30. The molecule has 0 N–H and O–H groups in total. The van der Waals surface area contributed by atoms with E-state index in [2.05, 4.69) is 132 Å². The summed E-state index contributed by atoms with van der Waals surface area (Å²) in [7, 11) is 0. The van der Waals surface area contributed by atoms with Crippen LogP contribution in [0.2, 0.25) is 14.3 Å². The standard InChI is InChI=1S/2C14H11.C6H4Cl.2CH3.Zr/c2*1-10-5-4-7-12-9-11-6-2-3-8-13(11)14(10)12;7-6-4-2-1-3-5-6;;;/h2*2-9H,1H3;2-5H;2*1H3;. The van der Waals surface area contributed by atoms with Gasteiger partial charge in [-0.2, -0.15) is 0 Å². The van der Waals surface area contributed by atoms with Gasteiger partial charge in [-0.3, -0.25) is 0 Å². The van der Waals surface area contributed by atoms with Gasteiger partial charge in [-0.25, -0.2) is 0 Å². The third kappa shape index (κ3) is 3.13. The number of benzene rings is 5. The Kier molecular flexibility index (Phi) is 5.37. The summed E-state index contributed by atoms with van der Waals surface area (Å²) < 4.78 is 7.67. The van der Waals surface area contributed by atoms with Crippen molar-refractivity contribution in [3.8, 4) is 22.3 Å². The van der Waals surface area contributed by atoms with Gasteiger partial charge in [-0.1, -0.05) is 0 Å². The quantitative estimate of drug-likeness (QED) is 0.196. The molecule has 2 heteroatoms. The molecule has 0 saturated heterocycles. The van der Waals surface area contributed by atoms with Crippen molar-refractivity contribution in [2.75, 3.05) is 0 Å². The van der Waals surface area contributed by atoms with Crippen LogP contribution in [0.15, 0.2) is 109 Å². The minimum atomic E-state index is -4.22. The number of rotatable bonds is 3. The van der Waals surface area contributed by atoms with Gasteiger partial charge in [0.25, 0.3) is 0 Å².